The van der Waals surface area contributed by atoms with Crippen LogP contribution < -0.4 is 5.32 Å². The van der Waals surface area contributed by atoms with Crippen LogP contribution in [0.2, 0.25) is 10.0 Å². The zero-order chi connectivity index (χ0) is 16.1. The third-order valence-electron chi connectivity index (χ3n) is 3.80. The Hall–Kier alpha value is -1.52. The average Bonchev–Trinajstić information content (AvgIpc) is 2.49. The third-order valence-corrected chi connectivity index (χ3v) is 4.38. The van der Waals surface area contributed by atoms with E-state index in [4.69, 9.17) is 23.2 Å². The van der Waals surface area contributed by atoms with Crippen molar-refractivity contribution in [2.45, 2.75) is 19.3 Å². The fraction of sp³-hybridized carbons (Fsp3) is 0.375. The van der Waals surface area contributed by atoms with Gasteiger partial charge in [-0.2, -0.15) is 0 Å². The smallest absolute Gasteiger partial charge is 0.307 e. The van der Waals surface area contributed by atoms with E-state index in [1.54, 1.807) is 12.1 Å². The summed E-state index contributed by atoms with van der Waals surface area (Å²) in [6.07, 6.45) is 5.11. The third kappa shape index (κ3) is 4.24. The fourth-order valence-electron chi connectivity index (χ4n) is 2.55. The van der Waals surface area contributed by atoms with E-state index in [0.29, 0.717) is 35.9 Å². The van der Waals surface area contributed by atoms with Crippen molar-refractivity contribution in [3.8, 4) is 0 Å². The molecular formula is C16H17Cl2NO3. The molecule has 4 nitrogen and oxygen atoms in total. The second-order valence-corrected chi connectivity index (χ2v) is 6.11. The zero-order valence-corrected chi connectivity index (χ0v) is 13.4. The van der Waals surface area contributed by atoms with Gasteiger partial charge >= 0.3 is 5.97 Å². The molecule has 2 N–H and O–H groups in total. The highest BCUT2D eigenvalue weighted by atomic mass is 35.5. The van der Waals surface area contributed by atoms with Crippen molar-refractivity contribution in [1.82, 2.24) is 5.32 Å². The van der Waals surface area contributed by atoms with Gasteiger partial charge in [0.05, 0.1) is 11.8 Å². The van der Waals surface area contributed by atoms with Crippen molar-refractivity contribution in [3.63, 3.8) is 0 Å². The predicted octanol–water partition coefficient (Wildman–Crippen LogP) is 3.32. The predicted molar refractivity (Wildman–Crippen MR) is 86.2 cm³/mol. The minimum atomic E-state index is -0.926. The molecule has 2 atom stereocenters. The van der Waals surface area contributed by atoms with Gasteiger partial charge in [0.15, 0.2) is 0 Å². The van der Waals surface area contributed by atoms with Crippen molar-refractivity contribution in [1.29, 1.82) is 0 Å². The Labute approximate surface area is 139 Å². The van der Waals surface area contributed by atoms with Gasteiger partial charge in [0.1, 0.15) is 0 Å². The molecular weight excluding hydrogens is 325 g/mol. The molecule has 0 aliphatic heterocycles. The van der Waals surface area contributed by atoms with Crippen LogP contribution in [0.5, 0.6) is 0 Å². The number of nitrogens with one attached hydrogen (secondary N) is 1. The van der Waals surface area contributed by atoms with E-state index >= 15 is 0 Å². The van der Waals surface area contributed by atoms with Crippen LogP contribution in [0, 0.1) is 11.8 Å². The van der Waals surface area contributed by atoms with Gasteiger partial charge in [0.2, 0.25) is 5.91 Å². The van der Waals surface area contributed by atoms with E-state index in [9.17, 15) is 14.7 Å². The molecule has 1 amide bonds. The van der Waals surface area contributed by atoms with E-state index in [-0.39, 0.29) is 5.91 Å². The van der Waals surface area contributed by atoms with E-state index in [1.165, 1.54) is 0 Å². The average molecular weight is 342 g/mol. The van der Waals surface area contributed by atoms with Gasteiger partial charge in [0.25, 0.3) is 0 Å². The van der Waals surface area contributed by atoms with E-state index in [2.05, 4.69) is 5.32 Å². The van der Waals surface area contributed by atoms with E-state index in [0.717, 1.165) is 5.56 Å². The Morgan fingerprint density at radius 1 is 1.18 bits per heavy atom. The van der Waals surface area contributed by atoms with Gasteiger partial charge < -0.3 is 10.4 Å². The van der Waals surface area contributed by atoms with Crippen LogP contribution in [0.4, 0.5) is 0 Å². The first kappa shape index (κ1) is 16.8. The Bertz CT molecular complexity index is 601. The van der Waals surface area contributed by atoms with Crippen LogP contribution >= 0.6 is 23.2 Å². The van der Waals surface area contributed by atoms with Crippen molar-refractivity contribution < 1.29 is 14.7 Å². The number of carboxylic acids is 1. The number of rotatable bonds is 5. The maximum atomic E-state index is 12.2. The molecule has 0 aromatic heterocycles. The SMILES string of the molecule is O=C(O)[C@H]1CC=CC[C@H]1C(=O)NCCc1ccc(Cl)cc1Cl. The number of halogens is 2. The second kappa shape index (κ2) is 7.65. The van der Waals surface area contributed by atoms with Crippen molar-refractivity contribution in [2.24, 2.45) is 11.8 Å². The molecule has 1 aromatic carbocycles. The number of benzene rings is 1. The quantitative estimate of drug-likeness (QED) is 0.807. The number of amides is 1. The topological polar surface area (TPSA) is 66.4 Å². The Kier molecular flexibility index (Phi) is 5.86. The summed E-state index contributed by atoms with van der Waals surface area (Å²) in [6.45, 7) is 0.409. The van der Waals surface area contributed by atoms with Crippen LogP contribution in [0.1, 0.15) is 18.4 Å². The first-order chi connectivity index (χ1) is 10.5. The van der Waals surface area contributed by atoms with Crippen LogP contribution in [0.3, 0.4) is 0 Å². The lowest BCUT2D eigenvalue weighted by atomic mass is 9.82. The number of allylic oxidation sites excluding steroid dienone is 2. The number of hydrogen-bond acceptors (Lipinski definition) is 2. The molecule has 118 valence electrons. The lowest BCUT2D eigenvalue weighted by molar-refractivity contribution is -0.147. The number of aliphatic carboxylic acids is 1. The maximum Gasteiger partial charge on any atom is 0.307 e. The van der Waals surface area contributed by atoms with E-state index < -0.39 is 17.8 Å². The Morgan fingerprint density at radius 3 is 2.50 bits per heavy atom. The van der Waals surface area contributed by atoms with Crippen LogP contribution in [0.25, 0.3) is 0 Å². The van der Waals surface area contributed by atoms with Gasteiger partial charge in [-0.05, 0) is 37.0 Å². The normalized spacial score (nSPS) is 20.6. The number of hydrogen-bond donors (Lipinski definition) is 2. The number of carbonyl (C=O) groups is 2. The molecule has 0 unspecified atom stereocenters. The largest absolute Gasteiger partial charge is 0.481 e. The minimum Gasteiger partial charge on any atom is -0.481 e. The van der Waals surface area contributed by atoms with Gasteiger partial charge in [-0.1, -0.05) is 41.4 Å². The Morgan fingerprint density at radius 2 is 1.86 bits per heavy atom. The summed E-state index contributed by atoms with van der Waals surface area (Å²) in [5.41, 5.74) is 0.893. The summed E-state index contributed by atoms with van der Waals surface area (Å²) in [5.74, 6) is -2.31. The highest BCUT2D eigenvalue weighted by Crippen LogP contribution is 2.26. The summed E-state index contributed by atoms with van der Waals surface area (Å²) in [5, 5.41) is 13.1. The van der Waals surface area contributed by atoms with Crippen molar-refractivity contribution in [3.05, 3.63) is 46.0 Å². The highest BCUT2D eigenvalue weighted by molar-refractivity contribution is 6.35. The molecule has 6 heteroatoms. The number of carbonyl (C=O) groups excluding carboxylic acids is 1. The van der Waals surface area contributed by atoms with Gasteiger partial charge in [0, 0.05) is 16.6 Å². The molecule has 0 fully saturated rings. The van der Waals surface area contributed by atoms with Crippen molar-refractivity contribution in [2.75, 3.05) is 6.54 Å². The number of carboxylic acid groups (broad SMARTS) is 1. The monoisotopic (exact) mass is 341 g/mol. The van der Waals surface area contributed by atoms with Crippen LogP contribution in [-0.2, 0) is 16.0 Å². The second-order valence-electron chi connectivity index (χ2n) is 5.27. The Balaban J connectivity index is 1.89. The molecule has 0 bridgehead atoms. The molecule has 0 heterocycles. The molecule has 0 saturated heterocycles. The lowest BCUT2D eigenvalue weighted by Crippen LogP contribution is -2.39. The zero-order valence-electron chi connectivity index (χ0n) is 11.9. The molecule has 0 saturated carbocycles. The fourth-order valence-corrected chi connectivity index (χ4v) is 3.06. The molecule has 0 radical (unpaired) electrons. The summed E-state index contributed by atoms with van der Waals surface area (Å²) < 4.78 is 0. The lowest BCUT2D eigenvalue weighted by Gasteiger charge is -2.24. The molecule has 0 spiro atoms. The van der Waals surface area contributed by atoms with Crippen LogP contribution in [0.15, 0.2) is 30.4 Å². The van der Waals surface area contributed by atoms with Gasteiger partial charge in [-0.25, -0.2) is 0 Å². The minimum absolute atomic E-state index is 0.221. The van der Waals surface area contributed by atoms with Gasteiger partial charge in [-0.15, -0.1) is 0 Å². The summed E-state index contributed by atoms with van der Waals surface area (Å²) in [7, 11) is 0. The summed E-state index contributed by atoms with van der Waals surface area (Å²) in [6, 6.07) is 5.23. The van der Waals surface area contributed by atoms with E-state index in [1.807, 2.05) is 18.2 Å². The molecule has 2 rings (SSSR count). The highest BCUT2D eigenvalue weighted by Gasteiger charge is 2.33. The molecule has 22 heavy (non-hydrogen) atoms. The molecule has 1 aliphatic rings. The van der Waals surface area contributed by atoms with Crippen LogP contribution in [-0.4, -0.2) is 23.5 Å². The first-order valence-electron chi connectivity index (χ1n) is 7.08. The molecule has 1 aliphatic carbocycles. The summed E-state index contributed by atoms with van der Waals surface area (Å²) >= 11 is 11.9. The van der Waals surface area contributed by atoms with Gasteiger partial charge in [-0.3, -0.25) is 9.59 Å². The first-order valence-corrected chi connectivity index (χ1v) is 7.84. The summed E-state index contributed by atoms with van der Waals surface area (Å²) in [4.78, 5) is 23.4. The van der Waals surface area contributed by atoms with Crippen molar-refractivity contribution >= 4 is 35.1 Å². The maximum absolute atomic E-state index is 12.2. The molecule has 1 aromatic rings. The standard InChI is InChI=1S/C16H17Cl2NO3/c17-11-6-5-10(14(18)9-11)7-8-19-15(20)12-3-1-2-4-13(12)16(21)22/h1-2,5-6,9,12-13H,3-4,7-8H2,(H,19,20)(H,21,22)/t12-,13+/m1/s1.